The maximum Gasteiger partial charge on any atom is 0.372 e. The van der Waals surface area contributed by atoms with Crippen LogP contribution in [-0.4, -0.2) is 29.3 Å². The zero-order chi connectivity index (χ0) is 11.7. The zero-order valence-corrected chi connectivity index (χ0v) is 13.9. The summed E-state index contributed by atoms with van der Waals surface area (Å²) in [6.45, 7) is 14.6. The molecule has 1 rings (SSSR count). The molecule has 0 spiro atoms. The molecule has 0 atom stereocenters. The molecule has 0 radical (unpaired) electrons. The predicted molar refractivity (Wildman–Crippen MR) is 77.8 cm³/mol. The predicted octanol–water partition coefficient (Wildman–Crippen LogP) is 4.48. The topological polar surface area (TPSA) is 3.24 Å². The molecule has 0 aliphatic carbocycles. The average Bonchev–Trinajstić information content (AvgIpc) is 2.10. The molecule has 1 aliphatic heterocycles. The van der Waals surface area contributed by atoms with Crippen LogP contribution in [0.1, 0.15) is 60.8 Å². The van der Waals surface area contributed by atoms with E-state index in [-0.39, 0.29) is 12.4 Å². The lowest BCUT2D eigenvalue weighted by Crippen LogP contribution is -2.64. The van der Waals surface area contributed by atoms with E-state index in [1.54, 1.807) is 0 Å². The molecule has 1 heterocycles. The lowest BCUT2D eigenvalue weighted by molar-refractivity contribution is 0.0481. The summed E-state index contributed by atoms with van der Waals surface area (Å²) in [5.41, 5.74) is 0.898. The van der Waals surface area contributed by atoms with E-state index in [4.69, 9.17) is 0 Å². The van der Waals surface area contributed by atoms with Crippen molar-refractivity contribution in [1.82, 2.24) is 3.88 Å². The molecule has 0 unspecified atom stereocenters. The third-order valence-corrected chi connectivity index (χ3v) is 8.20. The van der Waals surface area contributed by atoms with Crippen LogP contribution in [0, 0.1) is 0 Å². The Labute approximate surface area is 113 Å². The first kappa shape index (κ1) is 16.8. The minimum absolute atomic E-state index is 0. The smallest absolute Gasteiger partial charge is 0.372 e. The number of nitrogens with zero attached hydrogens (tertiary/aromatic N) is 1. The number of hydrogen-bond donors (Lipinski definition) is 0. The standard InChI is InChI=1S/C9H18N.2C2H5.Al.ClH/c1-8(2)6-5-7-9(3,4)10-8;2*1-2;;/h5-7H2,1-4H3;2*1H2,2H3;;1H/q-1;;;+1;. The van der Waals surface area contributed by atoms with Crippen molar-refractivity contribution in [3.63, 3.8) is 0 Å². The van der Waals surface area contributed by atoms with Crippen LogP contribution in [0.4, 0.5) is 0 Å². The van der Waals surface area contributed by atoms with E-state index < -0.39 is 14.4 Å². The third kappa shape index (κ3) is 3.39. The average molecular weight is 262 g/mol. The fraction of sp³-hybridized carbons (Fsp3) is 1.00. The summed E-state index contributed by atoms with van der Waals surface area (Å²) in [4.78, 5) is 0. The van der Waals surface area contributed by atoms with Crippen molar-refractivity contribution < 1.29 is 0 Å². The SMILES string of the molecule is C[CH2][Al]([CH2]C)[N]1C(C)(C)CCCC1(C)C.Cl. The van der Waals surface area contributed by atoms with Gasteiger partial charge in [-0.1, -0.05) is 24.4 Å². The molecular formula is C13H29AlClN. The monoisotopic (exact) mass is 261 g/mol. The Morgan fingerprint density at radius 1 is 0.938 bits per heavy atom. The second-order valence-electron chi connectivity index (χ2n) is 6.32. The van der Waals surface area contributed by atoms with Gasteiger partial charge in [-0.05, 0) is 58.0 Å². The normalized spacial score (nSPS) is 23.6. The van der Waals surface area contributed by atoms with E-state index in [0.29, 0.717) is 11.1 Å². The van der Waals surface area contributed by atoms with Gasteiger partial charge in [-0.25, -0.2) is 0 Å². The molecule has 0 aromatic rings. The Hall–Kier alpha value is 0.782. The van der Waals surface area contributed by atoms with Crippen molar-refractivity contribution in [2.24, 2.45) is 0 Å². The Balaban J connectivity index is 0.00000225. The molecule has 0 bridgehead atoms. The number of piperidine rings is 1. The van der Waals surface area contributed by atoms with Gasteiger partial charge >= 0.3 is 14.4 Å². The Bertz CT molecular complexity index is 196. The zero-order valence-electron chi connectivity index (χ0n) is 12.0. The second kappa shape index (κ2) is 6.10. The van der Waals surface area contributed by atoms with E-state index in [1.807, 2.05) is 0 Å². The molecule has 3 heteroatoms. The van der Waals surface area contributed by atoms with Crippen LogP contribution < -0.4 is 0 Å². The largest absolute Gasteiger partial charge is 0.375 e. The van der Waals surface area contributed by atoms with Crippen LogP contribution in [0.5, 0.6) is 0 Å². The number of hydrogen-bond acceptors (Lipinski definition) is 1. The summed E-state index contributed by atoms with van der Waals surface area (Å²) in [6, 6.07) is 0. The highest BCUT2D eigenvalue weighted by Crippen LogP contribution is 2.40. The van der Waals surface area contributed by atoms with Crippen molar-refractivity contribution in [2.45, 2.75) is 82.4 Å². The van der Waals surface area contributed by atoms with Gasteiger partial charge in [0.25, 0.3) is 0 Å². The fourth-order valence-corrected chi connectivity index (χ4v) is 7.20. The lowest BCUT2D eigenvalue weighted by atomic mass is 9.83. The maximum absolute atomic E-state index is 2.93. The van der Waals surface area contributed by atoms with Crippen molar-refractivity contribution in [2.75, 3.05) is 0 Å². The Kier molecular flexibility index (Phi) is 6.40. The molecule has 0 aromatic heterocycles. The summed E-state index contributed by atoms with van der Waals surface area (Å²) in [7, 11) is 0. The highest BCUT2D eigenvalue weighted by Gasteiger charge is 2.45. The second-order valence-corrected chi connectivity index (χ2v) is 9.78. The molecule has 0 aromatic carbocycles. The minimum Gasteiger partial charge on any atom is -0.375 e. The quantitative estimate of drug-likeness (QED) is 0.677. The first-order valence-corrected chi connectivity index (χ1v) is 8.79. The molecule has 1 saturated heterocycles. The fourth-order valence-electron chi connectivity index (χ4n) is 3.66. The number of rotatable bonds is 3. The Morgan fingerprint density at radius 2 is 1.31 bits per heavy atom. The molecule has 0 amide bonds. The van der Waals surface area contributed by atoms with Crippen molar-refractivity contribution in [1.29, 1.82) is 0 Å². The first-order chi connectivity index (χ1) is 6.85. The molecule has 1 fully saturated rings. The van der Waals surface area contributed by atoms with Gasteiger partial charge in [0.2, 0.25) is 0 Å². The van der Waals surface area contributed by atoms with Crippen LogP contribution in [-0.2, 0) is 0 Å². The van der Waals surface area contributed by atoms with Crippen LogP contribution in [0.3, 0.4) is 0 Å². The van der Waals surface area contributed by atoms with E-state index in [9.17, 15) is 0 Å². The summed E-state index contributed by atoms with van der Waals surface area (Å²) in [6.07, 6.45) is 4.19. The van der Waals surface area contributed by atoms with Crippen molar-refractivity contribution in [3.05, 3.63) is 0 Å². The van der Waals surface area contributed by atoms with Gasteiger partial charge in [-0.15, -0.1) is 12.4 Å². The first-order valence-electron chi connectivity index (χ1n) is 6.64. The van der Waals surface area contributed by atoms with E-state index in [1.165, 1.54) is 29.8 Å². The summed E-state index contributed by atoms with van der Waals surface area (Å²) in [5, 5.41) is 2.84. The van der Waals surface area contributed by atoms with E-state index in [0.717, 1.165) is 0 Å². The van der Waals surface area contributed by atoms with Gasteiger partial charge in [-0.3, -0.25) is 0 Å². The van der Waals surface area contributed by atoms with Crippen LogP contribution in [0.25, 0.3) is 0 Å². The van der Waals surface area contributed by atoms with Gasteiger partial charge in [0.1, 0.15) is 0 Å². The van der Waals surface area contributed by atoms with Gasteiger partial charge in [0.15, 0.2) is 0 Å². The maximum atomic E-state index is 2.93. The molecule has 96 valence electrons. The van der Waals surface area contributed by atoms with Crippen molar-refractivity contribution in [3.8, 4) is 0 Å². The van der Waals surface area contributed by atoms with Crippen LogP contribution >= 0.6 is 12.4 Å². The number of halogens is 1. The third-order valence-electron chi connectivity index (χ3n) is 4.19. The molecular weight excluding hydrogens is 233 g/mol. The molecule has 1 aliphatic rings. The van der Waals surface area contributed by atoms with Gasteiger partial charge in [0, 0.05) is 0 Å². The summed E-state index contributed by atoms with van der Waals surface area (Å²) >= 11 is -0.690. The highest BCUT2D eigenvalue weighted by molar-refractivity contribution is 6.56. The minimum atomic E-state index is -0.690. The van der Waals surface area contributed by atoms with Crippen molar-refractivity contribution >= 4 is 26.8 Å². The van der Waals surface area contributed by atoms with Gasteiger partial charge in [-0.2, -0.15) is 0 Å². The van der Waals surface area contributed by atoms with E-state index >= 15 is 0 Å². The highest BCUT2D eigenvalue weighted by atomic mass is 35.5. The molecule has 1 nitrogen and oxygen atoms in total. The van der Waals surface area contributed by atoms with E-state index in [2.05, 4.69) is 45.4 Å². The van der Waals surface area contributed by atoms with Crippen LogP contribution in [0.15, 0.2) is 0 Å². The van der Waals surface area contributed by atoms with Gasteiger partial charge in [0.05, 0.1) is 0 Å². The molecule has 16 heavy (non-hydrogen) atoms. The summed E-state index contributed by atoms with van der Waals surface area (Å²) in [5.74, 6) is 0. The molecule has 0 N–H and O–H groups in total. The molecule has 0 saturated carbocycles. The lowest BCUT2D eigenvalue weighted by Gasteiger charge is -2.56. The van der Waals surface area contributed by atoms with Gasteiger partial charge < -0.3 is 3.88 Å². The summed E-state index contributed by atoms with van der Waals surface area (Å²) < 4.78 is 2.93. The Morgan fingerprint density at radius 3 is 1.62 bits per heavy atom. The van der Waals surface area contributed by atoms with Crippen LogP contribution in [0.2, 0.25) is 10.6 Å².